The van der Waals surface area contributed by atoms with Crippen LogP contribution in [0.15, 0.2) is 0 Å². The molecular formula is C8H13NO3. The maximum absolute atomic E-state index is 11.1. The minimum absolute atomic E-state index is 0.0289. The van der Waals surface area contributed by atoms with Crippen molar-refractivity contribution in [1.29, 1.82) is 0 Å². The fourth-order valence-corrected chi connectivity index (χ4v) is 1.65. The minimum Gasteiger partial charge on any atom is -0.481 e. The lowest BCUT2D eigenvalue weighted by Gasteiger charge is -2.06. The Balaban J connectivity index is 2.45. The van der Waals surface area contributed by atoms with Crippen LogP contribution in [0.4, 0.5) is 0 Å². The number of rotatable bonds is 2. The van der Waals surface area contributed by atoms with Crippen molar-refractivity contribution in [2.24, 2.45) is 11.8 Å². The largest absolute Gasteiger partial charge is 0.481 e. The van der Waals surface area contributed by atoms with Gasteiger partial charge in [-0.2, -0.15) is 0 Å². The van der Waals surface area contributed by atoms with Gasteiger partial charge in [0.1, 0.15) is 0 Å². The minimum atomic E-state index is -0.776. The first-order chi connectivity index (χ1) is 5.65. The summed E-state index contributed by atoms with van der Waals surface area (Å²) in [6.07, 6.45) is 1.83. The van der Waals surface area contributed by atoms with Crippen LogP contribution in [0.3, 0.4) is 0 Å². The Morgan fingerprint density at radius 2 is 1.92 bits per heavy atom. The van der Waals surface area contributed by atoms with Crippen LogP contribution < -0.4 is 5.32 Å². The smallest absolute Gasteiger partial charge is 0.306 e. The molecule has 0 aliphatic heterocycles. The van der Waals surface area contributed by atoms with Crippen molar-refractivity contribution in [3.8, 4) is 0 Å². The van der Waals surface area contributed by atoms with Gasteiger partial charge in [0, 0.05) is 13.0 Å². The molecular weight excluding hydrogens is 158 g/mol. The first kappa shape index (κ1) is 9.03. The van der Waals surface area contributed by atoms with Crippen LogP contribution in [0.2, 0.25) is 0 Å². The second kappa shape index (κ2) is 3.56. The third-order valence-corrected chi connectivity index (χ3v) is 2.40. The van der Waals surface area contributed by atoms with Crippen LogP contribution in [-0.4, -0.2) is 24.0 Å². The van der Waals surface area contributed by atoms with E-state index in [4.69, 9.17) is 5.11 Å². The predicted octanol–water partition coefficient (Wildman–Crippen LogP) is 0.233. The van der Waals surface area contributed by atoms with E-state index in [0.717, 1.165) is 0 Å². The van der Waals surface area contributed by atoms with Gasteiger partial charge < -0.3 is 10.4 Å². The highest BCUT2D eigenvalue weighted by molar-refractivity contribution is 5.80. The molecule has 0 aromatic heterocycles. The molecule has 0 aromatic carbocycles. The SMILES string of the molecule is CNC(=O)C1CCC(C(=O)O)C1. The van der Waals surface area contributed by atoms with Crippen LogP contribution in [0.5, 0.6) is 0 Å². The molecule has 2 N–H and O–H groups in total. The lowest BCUT2D eigenvalue weighted by atomic mass is 10.0. The molecule has 1 amide bonds. The number of aliphatic carboxylic acids is 1. The van der Waals surface area contributed by atoms with Crippen LogP contribution in [-0.2, 0) is 9.59 Å². The molecule has 1 saturated carbocycles. The van der Waals surface area contributed by atoms with Crippen molar-refractivity contribution in [3.05, 3.63) is 0 Å². The number of carboxylic acids is 1. The molecule has 1 fully saturated rings. The van der Waals surface area contributed by atoms with Gasteiger partial charge in [-0.25, -0.2) is 0 Å². The third kappa shape index (κ3) is 1.75. The molecule has 0 radical (unpaired) electrons. The fraction of sp³-hybridized carbons (Fsp3) is 0.750. The normalized spacial score (nSPS) is 28.4. The maximum Gasteiger partial charge on any atom is 0.306 e. The van der Waals surface area contributed by atoms with Crippen LogP contribution >= 0.6 is 0 Å². The molecule has 68 valence electrons. The van der Waals surface area contributed by atoms with Gasteiger partial charge in [-0.3, -0.25) is 9.59 Å². The van der Waals surface area contributed by atoms with E-state index in [1.807, 2.05) is 0 Å². The Kier molecular flexibility index (Phi) is 2.68. The molecule has 0 aromatic rings. The summed E-state index contributed by atoms with van der Waals surface area (Å²) in [6, 6.07) is 0. The molecule has 2 unspecified atom stereocenters. The van der Waals surface area contributed by atoms with Gasteiger partial charge in [-0.15, -0.1) is 0 Å². The Labute approximate surface area is 71.0 Å². The molecule has 1 aliphatic rings. The van der Waals surface area contributed by atoms with Gasteiger partial charge in [-0.05, 0) is 19.3 Å². The molecule has 0 saturated heterocycles. The number of nitrogens with one attached hydrogen (secondary N) is 1. The van der Waals surface area contributed by atoms with E-state index in [9.17, 15) is 9.59 Å². The molecule has 4 heteroatoms. The molecule has 2 atom stereocenters. The monoisotopic (exact) mass is 171 g/mol. The zero-order valence-electron chi connectivity index (χ0n) is 7.04. The van der Waals surface area contributed by atoms with Crippen LogP contribution in [0, 0.1) is 11.8 Å². The number of hydrogen-bond acceptors (Lipinski definition) is 2. The summed E-state index contributed by atoms with van der Waals surface area (Å²) in [7, 11) is 1.58. The van der Waals surface area contributed by atoms with Crippen molar-refractivity contribution in [3.63, 3.8) is 0 Å². The van der Waals surface area contributed by atoms with Gasteiger partial charge in [0.05, 0.1) is 5.92 Å². The Hall–Kier alpha value is -1.06. The highest BCUT2D eigenvalue weighted by atomic mass is 16.4. The van der Waals surface area contributed by atoms with Crippen LogP contribution in [0.1, 0.15) is 19.3 Å². The van der Waals surface area contributed by atoms with Crippen LogP contribution in [0.25, 0.3) is 0 Å². The average molecular weight is 171 g/mol. The molecule has 0 heterocycles. The van der Waals surface area contributed by atoms with E-state index in [0.29, 0.717) is 19.3 Å². The molecule has 0 bridgehead atoms. The van der Waals surface area contributed by atoms with Gasteiger partial charge in [0.2, 0.25) is 5.91 Å². The first-order valence-corrected chi connectivity index (χ1v) is 4.09. The second-order valence-corrected chi connectivity index (χ2v) is 3.16. The van der Waals surface area contributed by atoms with E-state index in [1.165, 1.54) is 0 Å². The van der Waals surface area contributed by atoms with Crippen molar-refractivity contribution in [2.45, 2.75) is 19.3 Å². The molecule has 12 heavy (non-hydrogen) atoms. The van der Waals surface area contributed by atoms with Gasteiger partial charge in [-0.1, -0.05) is 0 Å². The summed E-state index contributed by atoms with van der Waals surface area (Å²) in [5.41, 5.74) is 0. The van der Waals surface area contributed by atoms with E-state index >= 15 is 0 Å². The Bertz CT molecular complexity index is 202. The van der Waals surface area contributed by atoms with E-state index in [-0.39, 0.29) is 17.7 Å². The predicted molar refractivity (Wildman–Crippen MR) is 42.5 cm³/mol. The molecule has 1 rings (SSSR count). The summed E-state index contributed by atoms with van der Waals surface area (Å²) in [5, 5.41) is 11.2. The maximum atomic E-state index is 11.1. The number of carbonyl (C=O) groups excluding carboxylic acids is 1. The Morgan fingerprint density at radius 1 is 1.33 bits per heavy atom. The van der Waals surface area contributed by atoms with E-state index in [1.54, 1.807) is 7.05 Å². The van der Waals surface area contributed by atoms with Gasteiger partial charge in [0.15, 0.2) is 0 Å². The summed E-state index contributed by atoms with van der Waals surface area (Å²) in [5.74, 6) is -1.21. The lowest BCUT2D eigenvalue weighted by Crippen LogP contribution is -2.26. The van der Waals surface area contributed by atoms with Crippen molar-refractivity contribution >= 4 is 11.9 Å². The average Bonchev–Trinajstić information content (AvgIpc) is 2.51. The number of carboxylic acid groups (broad SMARTS) is 1. The van der Waals surface area contributed by atoms with E-state index in [2.05, 4.69) is 5.32 Å². The Morgan fingerprint density at radius 3 is 2.33 bits per heavy atom. The highest BCUT2D eigenvalue weighted by Gasteiger charge is 2.33. The fourth-order valence-electron chi connectivity index (χ4n) is 1.65. The third-order valence-electron chi connectivity index (χ3n) is 2.40. The summed E-state index contributed by atoms with van der Waals surface area (Å²) in [4.78, 5) is 21.6. The van der Waals surface area contributed by atoms with Gasteiger partial charge >= 0.3 is 5.97 Å². The van der Waals surface area contributed by atoms with Crippen molar-refractivity contribution in [1.82, 2.24) is 5.32 Å². The van der Waals surface area contributed by atoms with Gasteiger partial charge in [0.25, 0.3) is 0 Å². The van der Waals surface area contributed by atoms with Crippen molar-refractivity contribution in [2.75, 3.05) is 7.05 Å². The zero-order chi connectivity index (χ0) is 9.14. The molecule has 1 aliphatic carbocycles. The summed E-state index contributed by atoms with van der Waals surface area (Å²) in [6.45, 7) is 0. The lowest BCUT2D eigenvalue weighted by molar-refractivity contribution is -0.141. The number of carbonyl (C=O) groups is 2. The number of amides is 1. The molecule has 4 nitrogen and oxygen atoms in total. The quantitative estimate of drug-likeness (QED) is 0.625. The van der Waals surface area contributed by atoms with Crippen molar-refractivity contribution < 1.29 is 14.7 Å². The topological polar surface area (TPSA) is 66.4 Å². The highest BCUT2D eigenvalue weighted by Crippen LogP contribution is 2.30. The number of hydrogen-bond donors (Lipinski definition) is 2. The second-order valence-electron chi connectivity index (χ2n) is 3.16. The summed E-state index contributed by atoms with van der Waals surface area (Å²) >= 11 is 0. The zero-order valence-corrected chi connectivity index (χ0v) is 7.04. The standard InChI is InChI=1S/C8H13NO3/c1-9-7(10)5-2-3-6(4-5)8(11)12/h5-6H,2-4H2,1H3,(H,9,10)(H,11,12). The summed E-state index contributed by atoms with van der Waals surface area (Å²) < 4.78 is 0. The van der Waals surface area contributed by atoms with E-state index < -0.39 is 5.97 Å². The molecule has 0 spiro atoms. The first-order valence-electron chi connectivity index (χ1n) is 4.09.